The van der Waals surface area contributed by atoms with Crippen molar-refractivity contribution in [3.8, 4) is 11.1 Å². The number of piperidine rings is 1. The van der Waals surface area contributed by atoms with Crippen molar-refractivity contribution in [3.05, 3.63) is 95.1 Å². The Morgan fingerprint density at radius 3 is 2.33 bits per heavy atom. The Balaban J connectivity index is 1.30. The number of hydrogen-bond acceptors (Lipinski definition) is 7. The zero-order valence-electron chi connectivity index (χ0n) is 26.2. The van der Waals surface area contributed by atoms with Crippen LogP contribution >= 0.6 is 0 Å². The lowest BCUT2D eigenvalue weighted by molar-refractivity contribution is -0.276. The number of benzene rings is 3. The third kappa shape index (κ3) is 8.70. The molecular formula is C36H45N3O6. The fourth-order valence-corrected chi connectivity index (χ4v) is 6.10. The predicted octanol–water partition coefficient (Wildman–Crippen LogP) is 5.49. The molecular weight excluding hydrogens is 570 g/mol. The standard InChI is InChI=1S/C36H45N3O6/c1-3-43-33(41)22-38-36(42)37-21-30-9-5-6-10-31(30)27-15-17-29(18-16-27)35-44-32(23-39-19-7-4-8-20-39)25(2)34(45-35)28-13-11-26(24-40)12-14-28/h5-6,9-18,25,32,34-35,40H,3-4,7-8,19-24H2,1-2H3,(H2,37,38,42)/t25-,32+,34+,35+/m1/s1. The number of hydrogen-bond donors (Lipinski definition) is 3. The van der Waals surface area contributed by atoms with Gasteiger partial charge in [-0.2, -0.15) is 0 Å². The SMILES string of the molecule is CCOC(=O)CNC(=O)NCc1ccccc1-c1ccc([C@H]2O[C@@H](CN3CCCCC3)[C@@H](C)[C@@H](c3ccc(CO)cc3)O2)cc1. The van der Waals surface area contributed by atoms with E-state index in [1.807, 2.05) is 36.4 Å². The third-order valence-corrected chi connectivity index (χ3v) is 8.66. The summed E-state index contributed by atoms with van der Waals surface area (Å²) in [5.74, 6) is -0.325. The number of carbonyl (C=O) groups is 2. The largest absolute Gasteiger partial charge is 0.465 e. The van der Waals surface area contributed by atoms with Crippen LogP contribution in [0.25, 0.3) is 11.1 Å². The van der Waals surface area contributed by atoms with Gasteiger partial charge in [-0.05, 0) is 60.7 Å². The van der Waals surface area contributed by atoms with Crippen LogP contribution < -0.4 is 10.6 Å². The number of carbonyl (C=O) groups excluding carboxylic acids is 2. The van der Waals surface area contributed by atoms with Gasteiger partial charge in [0.15, 0.2) is 6.29 Å². The highest BCUT2D eigenvalue weighted by Gasteiger charge is 2.39. The Hall–Kier alpha value is -3.76. The first-order chi connectivity index (χ1) is 21.9. The second kappa shape index (κ2) is 16.0. The van der Waals surface area contributed by atoms with Crippen LogP contribution in [0.2, 0.25) is 0 Å². The van der Waals surface area contributed by atoms with Crippen molar-refractivity contribution in [3.63, 3.8) is 0 Å². The number of amides is 2. The van der Waals surface area contributed by atoms with E-state index in [9.17, 15) is 14.7 Å². The van der Waals surface area contributed by atoms with Crippen molar-refractivity contribution in [2.75, 3.05) is 32.8 Å². The molecule has 2 amide bonds. The summed E-state index contributed by atoms with van der Waals surface area (Å²) >= 11 is 0. The van der Waals surface area contributed by atoms with Crippen molar-refractivity contribution in [1.29, 1.82) is 0 Å². The summed E-state index contributed by atoms with van der Waals surface area (Å²) in [6.45, 7) is 7.41. The van der Waals surface area contributed by atoms with Crippen molar-refractivity contribution >= 4 is 12.0 Å². The minimum Gasteiger partial charge on any atom is -0.465 e. The smallest absolute Gasteiger partial charge is 0.325 e. The molecule has 3 N–H and O–H groups in total. The highest BCUT2D eigenvalue weighted by Crippen LogP contribution is 2.42. The molecule has 0 saturated carbocycles. The molecule has 45 heavy (non-hydrogen) atoms. The second-order valence-corrected chi connectivity index (χ2v) is 11.8. The first-order valence-electron chi connectivity index (χ1n) is 16.0. The van der Waals surface area contributed by atoms with Gasteiger partial charge >= 0.3 is 12.0 Å². The Morgan fingerprint density at radius 1 is 0.911 bits per heavy atom. The highest BCUT2D eigenvalue weighted by molar-refractivity contribution is 5.81. The maximum absolute atomic E-state index is 12.3. The summed E-state index contributed by atoms with van der Waals surface area (Å²) in [4.78, 5) is 26.3. The maximum Gasteiger partial charge on any atom is 0.325 e. The molecule has 2 fully saturated rings. The van der Waals surface area contributed by atoms with Gasteiger partial charge in [0.25, 0.3) is 0 Å². The van der Waals surface area contributed by atoms with E-state index in [0.717, 1.165) is 53.0 Å². The van der Waals surface area contributed by atoms with Crippen LogP contribution in [0.15, 0.2) is 72.8 Å². The normalized spacial score (nSPS) is 22.0. The average molecular weight is 616 g/mol. The molecule has 9 nitrogen and oxygen atoms in total. The minimum absolute atomic E-state index is 0.00539. The molecule has 2 saturated heterocycles. The Bertz CT molecular complexity index is 1390. The van der Waals surface area contributed by atoms with E-state index in [0.29, 0.717) is 6.54 Å². The maximum atomic E-state index is 12.3. The topological polar surface area (TPSA) is 109 Å². The van der Waals surface area contributed by atoms with Crippen LogP contribution in [0.3, 0.4) is 0 Å². The van der Waals surface area contributed by atoms with E-state index >= 15 is 0 Å². The molecule has 0 bridgehead atoms. The number of esters is 1. The van der Waals surface area contributed by atoms with Crippen LogP contribution in [-0.4, -0.2) is 60.9 Å². The summed E-state index contributed by atoms with van der Waals surface area (Å²) < 4.78 is 18.2. The van der Waals surface area contributed by atoms with E-state index in [1.54, 1.807) is 6.92 Å². The van der Waals surface area contributed by atoms with Gasteiger partial charge in [0.1, 0.15) is 6.54 Å². The molecule has 0 unspecified atom stereocenters. The van der Waals surface area contributed by atoms with E-state index in [1.165, 1.54) is 19.3 Å². The van der Waals surface area contributed by atoms with E-state index in [2.05, 4.69) is 58.9 Å². The molecule has 240 valence electrons. The first-order valence-corrected chi connectivity index (χ1v) is 16.0. The van der Waals surface area contributed by atoms with Crippen LogP contribution in [0.5, 0.6) is 0 Å². The molecule has 5 rings (SSSR count). The Labute approximate surface area is 265 Å². The summed E-state index contributed by atoms with van der Waals surface area (Å²) in [5.41, 5.74) is 5.86. The van der Waals surface area contributed by atoms with Gasteiger partial charge in [0.05, 0.1) is 25.4 Å². The highest BCUT2D eigenvalue weighted by atomic mass is 16.7. The number of urea groups is 1. The fraction of sp³-hybridized carbons (Fsp3) is 0.444. The quantitative estimate of drug-likeness (QED) is 0.245. The number of likely N-dealkylation sites (tertiary alicyclic amines) is 1. The van der Waals surface area contributed by atoms with Gasteiger partial charge in [-0.3, -0.25) is 4.79 Å². The summed E-state index contributed by atoms with van der Waals surface area (Å²) in [6.07, 6.45) is 3.08. The molecule has 0 spiro atoms. The molecule has 3 aromatic carbocycles. The second-order valence-electron chi connectivity index (χ2n) is 11.8. The minimum atomic E-state index is -0.521. The van der Waals surface area contributed by atoms with E-state index < -0.39 is 18.3 Å². The van der Waals surface area contributed by atoms with Crippen molar-refractivity contribution < 1.29 is 28.9 Å². The monoisotopic (exact) mass is 615 g/mol. The summed E-state index contributed by atoms with van der Waals surface area (Å²) in [5, 5.41) is 14.9. The molecule has 2 aliphatic heterocycles. The Kier molecular flexibility index (Phi) is 11.6. The molecule has 4 atom stereocenters. The van der Waals surface area contributed by atoms with Crippen molar-refractivity contribution in [2.24, 2.45) is 5.92 Å². The summed E-state index contributed by atoms with van der Waals surface area (Å²) in [6, 6.07) is 23.7. The van der Waals surface area contributed by atoms with Crippen LogP contribution in [-0.2, 0) is 32.2 Å². The number of nitrogens with one attached hydrogen (secondary N) is 2. The molecule has 9 heteroatoms. The summed E-state index contributed by atoms with van der Waals surface area (Å²) in [7, 11) is 0. The zero-order chi connectivity index (χ0) is 31.6. The number of nitrogens with zero attached hydrogens (tertiary/aromatic N) is 1. The molecule has 2 aliphatic rings. The lowest BCUT2D eigenvalue weighted by Crippen LogP contribution is -2.45. The number of aliphatic hydroxyl groups excluding tert-OH is 1. The molecule has 0 radical (unpaired) electrons. The fourth-order valence-electron chi connectivity index (χ4n) is 6.10. The van der Waals surface area contributed by atoms with Crippen LogP contribution in [0.1, 0.15) is 67.8 Å². The molecule has 2 heterocycles. The van der Waals surface area contributed by atoms with Gasteiger partial charge in [0.2, 0.25) is 0 Å². The molecule has 0 aliphatic carbocycles. The molecule has 0 aromatic heterocycles. The average Bonchev–Trinajstić information content (AvgIpc) is 3.08. The van der Waals surface area contributed by atoms with Gasteiger partial charge in [0, 0.05) is 24.6 Å². The molecule has 3 aromatic rings. The van der Waals surface area contributed by atoms with Crippen molar-refractivity contribution in [2.45, 2.75) is 64.8 Å². The van der Waals surface area contributed by atoms with Crippen molar-refractivity contribution in [1.82, 2.24) is 15.5 Å². The van der Waals surface area contributed by atoms with Gasteiger partial charge in [-0.1, -0.05) is 86.1 Å². The Morgan fingerprint density at radius 2 is 1.62 bits per heavy atom. The number of ether oxygens (including phenoxy) is 3. The van der Waals surface area contributed by atoms with Gasteiger partial charge < -0.3 is 34.9 Å². The van der Waals surface area contributed by atoms with E-state index in [-0.39, 0.29) is 37.9 Å². The number of rotatable bonds is 11. The van der Waals surface area contributed by atoms with Crippen LogP contribution in [0.4, 0.5) is 4.79 Å². The van der Waals surface area contributed by atoms with Gasteiger partial charge in [-0.25, -0.2) is 4.79 Å². The predicted molar refractivity (Wildman–Crippen MR) is 172 cm³/mol. The lowest BCUT2D eigenvalue weighted by atomic mass is 9.89. The van der Waals surface area contributed by atoms with E-state index in [4.69, 9.17) is 14.2 Å². The number of aliphatic hydroxyl groups is 1. The zero-order valence-corrected chi connectivity index (χ0v) is 26.2. The third-order valence-electron chi connectivity index (χ3n) is 8.66. The van der Waals surface area contributed by atoms with Crippen LogP contribution in [0, 0.1) is 5.92 Å². The lowest BCUT2D eigenvalue weighted by Gasteiger charge is -2.43. The van der Waals surface area contributed by atoms with Gasteiger partial charge in [-0.15, -0.1) is 0 Å². The first kappa shape index (κ1) is 32.6.